The van der Waals surface area contributed by atoms with Crippen LogP contribution in [0.2, 0.25) is 0 Å². The minimum absolute atomic E-state index is 0.00744. The first-order chi connectivity index (χ1) is 10.7. The number of amides is 1. The molecule has 7 heteroatoms. The average molecular weight is 303 g/mol. The summed E-state index contributed by atoms with van der Waals surface area (Å²) in [5, 5.41) is 10.9. The van der Waals surface area contributed by atoms with E-state index < -0.39 is 0 Å². The molecule has 7 nitrogen and oxygen atoms in total. The summed E-state index contributed by atoms with van der Waals surface area (Å²) in [6, 6.07) is 4.00. The highest BCUT2D eigenvalue weighted by molar-refractivity contribution is 5.76. The second-order valence-corrected chi connectivity index (χ2v) is 5.90. The number of furan rings is 1. The highest BCUT2D eigenvalue weighted by Gasteiger charge is 2.33. The lowest BCUT2D eigenvalue weighted by Crippen LogP contribution is -2.42. The molecule has 1 amide bonds. The van der Waals surface area contributed by atoms with Gasteiger partial charge in [0.15, 0.2) is 0 Å². The summed E-state index contributed by atoms with van der Waals surface area (Å²) < 4.78 is 7.35. The van der Waals surface area contributed by atoms with Crippen molar-refractivity contribution in [2.75, 3.05) is 6.54 Å². The van der Waals surface area contributed by atoms with Gasteiger partial charge in [-0.15, -0.1) is 5.10 Å². The Labute approximate surface area is 129 Å². The number of hydrogen-bond acceptors (Lipinski definition) is 5. The van der Waals surface area contributed by atoms with Crippen LogP contribution in [0.1, 0.15) is 44.3 Å². The van der Waals surface area contributed by atoms with E-state index >= 15 is 0 Å². The van der Waals surface area contributed by atoms with E-state index in [1.165, 1.54) is 11.0 Å². The zero-order valence-electron chi connectivity index (χ0n) is 13.0. The third-order valence-electron chi connectivity index (χ3n) is 4.23. The molecule has 0 unspecified atom stereocenters. The van der Waals surface area contributed by atoms with Crippen molar-refractivity contribution in [3.8, 4) is 0 Å². The lowest BCUT2D eigenvalue weighted by molar-refractivity contribution is -0.137. The molecule has 0 N–H and O–H groups in total. The number of piperidine rings is 1. The molecule has 2 atom stereocenters. The summed E-state index contributed by atoms with van der Waals surface area (Å²) in [7, 11) is 0. The Morgan fingerprint density at radius 1 is 1.45 bits per heavy atom. The summed E-state index contributed by atoms with van der Waals surface area (Å²) in [5.41, 5.74) is 0. The molecule has 0 aliphatic carbocycles. The molecule has 1 aliphatic heterocycles. The van der Waals surface area contributed by atoms with Gasteiger partial charge in [-0.05, 0) is 41.3 Å². The highest BCUT2D eigenvalue weighted by Crippen LogP contribution is 2.35. The van der Waals surface area contributed by atoms with Crippen LogP contribution in [-0.2, 0) is 17.8 Å². The Morgan fingerprint density at radius 2 is 2.32 bits per heavy atom. The van der Waals surface area contributed by atoms with Gasteiger partial charge in [-0.3, -0.25) is 4.79 Å². The fraction of sp³-hybridized carbons (Fsp3) is 0.600. The Bertz CT molecular complexity index is 622. The minimum Gasteiger partial charge on any atom is -0.464 e. The molecule has 3 heterocycles. The Balaban J connectivity index is 1.78. The predicted octanol–water partition coefficient (Wildman–Crippen LogP) is 1.83. The van der Waals surface area contributed by atoms with Gasteiger partial charge in [-0.1, -0.05) is 13.8 Å². The van der Waals surface area contributed by atoms with Crippen molar-refractivity contribution < 1.29 is 9.21 Å². The first-order valence-electron chi connectivity index (χ1n) is 7.76. The molecule has 2 aromatic heterocycles. The maximum absolute atomic E-state index is 12.6. The molecule has 0 spiro atoms. The summed E-state index contributed by atoms with van der Waals surface area (Å²) >= 11 is 0. The van der Waals surface area contributed by atoms with Crippen LogP contribution in [-0.4, -0.2) is 37.6 Å². The van der Waals surface area contributed by atoms with E-state index in [4.69, 9.17) is 4.42 Å². The summed E-state index contributed by atoms with van der Waals surface area (Å²) in [6.45, 7) is 5.20. The summed E-state index contributed by atoms with van der Waals surface area (Å²) in [5.74, 6) is 2.45. The number of carbonyl (C=O) groups excluding carboxylic acids is 1. The Morgan fingerprint density at radius 3 is 3.00 bits per heavy atom. The molecule has 22 heavy (non-hydrogen) atoms. The van der Waals surface area contributed by atoms with Gasteiger partial charge in [0, 0.05) is 13.0 Å². The zero-order chi connectivity index (χ0) is 15.5. The fourth-order valence-electron chi connectivity index (χ4n) is 2.96. The van der Waals surface area contributed by atoms with Crippen molar-refractivity contribution in [3.05, 3.63) is 30.0 Å². The topological polar surface area (TPSA) is 77.1 Å². The monoisotopic (exact) mass is 303 g/mol. The first kappa shape index (κ1) is 14.7. The molecule has 0 radical (unpaired) electrons. The molecular weight excluding hydrogens is 282 g/mol. The normalized spacial score (nSPS) is 22.0. The molecule has 0 aromatic carbocycles. The van der Waals surface area contributed by atoms with E-state index in [2.05, 4.69) is 29.4 Å². The van der Waals surface area contributed by atoms with Gasteiger partial charge in [0.1, 0.15) is 24.4 Å². The molecule has 1 fully saturated rings. The molecule has 118 valence electrons. The third-order valence-corrected chi connectivity index (χ3v) is 4.23. The van der Waals surface area contributed by atoms with Crippen molar-refractivity contribution in [2.24, 2.45) is 5.92 Å². The zero-order valence-corrected chi connectivity index (χ0v) is 13.0. The number of carbonyl (C=O) groups is 1. The van der Waals surface area contributed by atoms with E-state index in [1.54, 1.807) is 0 Å². The maximum atomic E-state index is 12.6. The maximum Gasteiger partial charge on any atom is 0.245 e. The number of aromatic nitrogens is 4. The Kier molecular flexibility index (Phi) is 4.22. The standard InChI is InChI=1S/C15H21N5O2/c1-3-12-4-5-14(22-12)13-8-11(2)6-7-20(13)15(21)9-19-10-16-17-18-19/h4-5,10-11,13H,3,6-9H2,1-2H3/t11-,13-/m0/s1. The first-order valence-corrected chi connectivity index (χ1v) is 7.76. The number of hydrogen-bond donors (Lipinski definition) is 0. The lowest BCUT2D eigenvalue weighted by Gasteiger charge is -2.37. The van der Waals surface area contributed by atoms with Crippen LogP contribution in [0.25, 0.3) is 0 Å². The molecule has 1 saturated heterocycles. The third kappa shape index (κ3) is 3.03. The van der Waals surface area contributed by atoms with Gasteiger partial charge in [0.25, 0.3) is 0 Å². The number of rotatable bonds is 4. The number of aryl methyl sites for hydroxylation is 1. The predicted molar refractivity (Wildman–Crippen MR) is 78.8 cm³/mol. The van der Waals surface area contributed by atoms with Crippen LogP contribution < -0.4 is 0 Å². The van der Waals surface area contributed by atoms with Crippen LogP contribution in [0.5, 0.6) is 0 Å². The molecule has 3 rings (SSSR count). The van der Waals surface area contributed by atoms with Crippen molar-refractivity contribution in [1.29, 1.82) is 0 Å². The molecular formula is C15H21N5O2. The lowest BCUT2D eigenvalue weighted by atomic mass is 9.91. The number of tetrazole rings is 1. The Hall–Kier alpha value is -2.18. The second kappa shape index (κ2) is 6.29. The average Bonchev–Trinajstić information content (AvgIpc) is 3.18. The molecule has 1 aliphatic rings. The second-order valence-electron chi connectivity index (χ2n) is 5.90. The van der Waals surface area contributed by atoms with Gasteiger partial charge in [0.2, 0.25) is 5.91 Å². The van der Waals surface area contributed by atoms with E-state index in [0.29, 0.717) is 5.92 Å². The van der Waals surface area contributed by atoms with Gasteiger partial charge >= 0.3 is 0 Å². The number of likely N-dealkylation sites (tertiary alicyclic amines) is 1. The van der Waals surface area contributed by atoms with Crippen LogP contribution >= 0.6 is 0 Å². The number of nitrogens with zero attached hydrogens (tertiary/aromatic N) is 5. The SMILES string of the molecule is CCc1ccc([C@@H]2C[C@@H](C)CCN2C(=O)Cn2cnnn2)o1. The summed E-state index contributed by atoms with van der Waals surface area (Å²) in [4.78, 5) is 14.5. The van der Waals surface area contributed by atoms with Crippen molar-refractivity contribution >= 4 is 5.91 Å². The quantitative estimate of drug-likeness (QED) is 0.861. The fourth-order valence-corrected chi connectivity index (χ4v) is 2.96. The summed E-state index contributed by atoms with van der Waals surface area (Å²) in [6.07, 6.45) is 4.26. The van der Waals surface area contributed by atoms with Gasteiger partial charge in [0.05, 0.1) is 6.04 Å². The smallest absolute Gasteiger partial charge is 0.245 e. The van der Waals surface area contributed by atoms with E-state index in [0.717, 1.165) is 37.3 Å². The molecule has 0 bridgehead atoms. The van der Waals surface area contributed by atoms with Gasteiger partial charge < -0.3 is 9.32 Å². The van der Waals surface area contributed by atoms with Crippen LogP contribution in [0.4, 0.5) is 0 Å². The van der Waals surface area contributed by atoms with Crippen LogP contribution in [0, 0.1) is 5.92 Å². The molecule has 2 aromatic rings. The van der Waals surface area contributed by atoms with E-state index in [-0.39, 0.29) is 18.5 Å². The van der Waals surface area contributed by atoms with Gasteiger partial charge in [-0.2, -0.15) is 0 Å². The van der Waals surface area contributed by atoms with Crippen molar-refractivity contribution in [2.45, 2.75) is 45.7 Å². The molecule has 0 saturated carbocycles. The van der Waals surface area contributed by atoms with E-state index in [1.807, 2.05) is 17.0 Å². The van der Waals surface area contributed by atoms with Crippen molar-refractivity contribution in [3.63, 3.8) is 0 Å². The van der Waals surface area contributed by atoms with Crippen LogP contribution in [0.15, 0.2) is 22.9 Å². The largest absolute Gasteiger partial charge is 0.464 e. The van der Waals surface area contributed by atoms with Crippen molar-refractivity contribution in [1.82, 2.24) is 25.1 Å². The van der Waals surface area contributed by atoms with Gasteiger partial charge in [-0.25, -0.2) is 4.68 Å². The van der Waals surface area contributed by atoms with Crippen LogP contribution in [0.3, 0.4) is 0 Å². The van der Waals surface area contributed by atoms with E-state index in [9.17, 15) is 4.79 Å². The minimum atomic E-state index is 0.00744. The highest BCUT2D eigenvalue weighted by atomic mass is 16.3.